The zero-order valence-electron chi connectivity index (χ0n) is 17.2. The molecule has 0 aliphatic carbocycles. The van der Waals surface area contributed by atoms with Gasteiger partial charge in [-0.1, -0.05) is 37.3 Å². The molecule has 8 heteroatoms. The largest absolute Gasteiger partial charge is 0.490 e. The highest BCUT2D eigenvalue weighted by Crippen LogP contribution is 2.44. The molecule has 2 heterocycles. The average molecular weight is 444 g/mol. The second kappa shape index (κ2) is 8.35. The third-order valence-electron chi connectivity index (χ3n) is 5.45. The van der Waals surface area contributed by atoms with Crippen molar-refractivity contribution in [2.75, 3.05) is 13.2 Å². The zero-order chi connectivity index (χ0) is 22.9. The number of hydrogen-bond donors (Lipinski definition) is 1. The van der Waals surface area contributed by atoms with E-state index in [0.717, 1.165) is 11.6 Å². The molecule has 4 nitrogen and oxygen atoms in total. The molecule has 1 aliphatic rings. The van der Waals surface area contributed by atoms with Crippen molar-refractivity contribution in [2.45, 2.75) is 25.1 Å². The Balaban J connectivity index is 1.72. The predicted molar refractivity (Wildman–Crippen MR) is 111 cm³/mol. The molecule has 1 N–H and O–H groups in total. The molecule has 0 spiro atoms. The van der Waals surface area contributed by atoms with Gasteiger partial charge in [-0.3, -0.25) is 4.79 Å². The molecule has 0 unspecified atom stereocenters. The summed E-state index contributed by atoms with van der Waals surface area (Å²) in [5.74, 6) is -2.22. The summed E-state index contributed by atoms with van der Waals surface area (Å²) >= 11 is 0. The fourth-order valence-corrected chi connectivity index (χ4v) is 3.73. The fraction of sp³-hybridized carbons (Fsp3) is 0.250. The van der Waals surface area contributed by atoms with E-state index in [1.165, 1.54) is 24.3 Å². The molecule has 3 aromatic rings. The smallest absolute Gasteiger partial charge is 0.456 e. The molecule has 0 radical (unpaired) electrons. The van der Waals surface area contributed by atoms with Gasteiger partial charge in [-0.2, -0.15) is 13.2 Å². The lowest BCUT2D eigenvalue weighted by atomic mass is 9.83. The Bertz CT molecular complexity index is 1130. The Morgan fingerprint density at radius 2 is 1.81 bits per heavy atom. The molecule has 0 amide bonds. The first-order valence-electron chi connectivity index (χ1n) is 9.98. The molecule has 0 bridgehead atoms. The highest BCUT2D eigenvalue weighted by Gasteiger charge is 2.44. The molecule has 0 saturated carbocycles. The van der Waals surface area contributed by atoms with Gasteiger partial charge in [0.1, 0.15) is 23.0 Å². The highest BCUT2D eigenvalue weighted by atomic mass is 19.4. The van der Waals surface area contributed by atoms with Crippen molar-refractivity contribution in [1.29, 1.82) is 0 Å². The molecule has 1 aliphatic heterocycles. The summed E-state index contributed by atoms with van der Waals surface area (Å²) in [6.45, 7) is 3.02. The first-order chi connectivity index (χ1) is 15.2. The maximum Gasteiger partial charge on any atom is 0.456 e. The number of aromatic nitrogens is 1. The van der Waals surface area contributed by atoms with Crippen molar-refractivity contribution in [2.24, 2.45) is 0 Å². The van der Waals surface area contributed by atoms with Crippen molar-refractivity contribution in [3.63, 3.8) is 0 Å². The van der Waals surface area contributed by atoms with Gasteiger partial charge in [-0.15, -0.1) is 0 Å². The van der Waals surface area contributed by atoms with Gasteiger partial charge in [-0.05, 0) is 35.9 Å². The van der Waals surface area contributed by atoms with Gasteiger partial charge in [0.05, 0.1) is 6.61 Å². The summed E-state index contributed by atoms with van der Waals surface area (Å²) in [6.07, 6.45) is -5.07. The number of ketones is 1. The lowest BCUT2D eigenvalue weighted by Gasteiger charge is -2.24. The zero-order valence-corrected chi connectivity index (χ0v) is 17.2. The van der Waals surface area contributed by atoms with E-state index in [-0.39, 0.29) is 12.3 Å². The van der Waals surface area contributed by atoms with Gasteiger partial charge < -0.3 is 10.1 Å². The maximum absolute atomic E-state index is 13.4. The van der Waals surface area contributed by atoms with Crippen molar-refractivity contribution in [3.8, 4) is 17.0 Å². The first-order valence-corrected chi connectivity index (χ1v) is 9.98. The van der Waals surface area contributed by atoms with Crippen LogP contribution in [0.4, 0.5) is 17.6 Å². The van der Waals surface area contributed by atoms with Gasteiger partial charge in [0.2, 0.25) is 0 Å². The molecular formula is C24H20F4N2O2. The predicted octanol–water partition coefficient (Wildman–Crippen LogP) is 5.07. The fourth-order valence-electron chi connectivity index (χ4n) is 3.73. The summed E-state index contributed by atoms with van der Waals surface area (Å²) in [5, 5.41) is 3.31. The summed E-state index contributed by atoms with van der Waals surface area (Å²) in [5.41, 5.74) is 0.561. The van der Waals surface area contributed by atoms with Crippen molar-refractivity contribution in [3.05, 3.63) is 83.3 Å². The van der Waals surface area contributed by atoms with Crippen LogP contribution in [-0.2, 0) is 12.0 Å². The number of alkyl halides is 3. The third kappa shape index (κ3) is 4.36. The first kappa shape index (κ1) is 22.0. The van der Waals surface area contributed by atoms with E-state index in [0.29, 0.717) is 30.0 Å². The number of nitrogens with one attached hydrogen (secondary N) is 1. The number of Topliss-reactive ketones (excluding diaryl/α,β-unsaturated/α-hetero) is 1. The van der Waals surface area contributed by atoms with Gasteiger partial charge in [0, 0.05) is 29.6 Å². The molecule has 1 atom stereocenters. The molecule has 32 heavy (non-hydrogen) atoms. The minimum absolute atomic E-state index is 0.0851. The minimum Gasteiger partial charge on any atom is -0.490 e. The number of ether oxygens (including phenoxy) is 1. The number of pyridine rings is 1. The number of nitrogens with zero attached hydrogens (tertiary/aromatic N) is 1. The number of fused-ring (bicyclic) bond motifs is 1. The SMILES string of the molecule is C[C@@]1(CNCc2ccccc2)COc2c1cc(C(=O)C(F)(F)F)nc2-c1ccc(F)cc1. The number of carbonyl (C=O) groups is 1. The van der Waals surface area contributed by atoms with Crippen molar-refractivity contribution >= 4 is 5.78 Å². The molecule has 2 aromatic carbocycles. The van der Waals surface area contributed by atoms with Crippen LogP contribution >= 0.6 is 0 Å². The van der Waals surface area contributed by atoms with Crippen LogP contribution < -0.4 is 10.1 Å². The summed E-state index contributed by atoms with van der Waals surface area (Å²) < 4.78 is 58.8. The third-order valence-corrected chi connectivity index (χ3v) is 5.45. The van der Waals surface area contributed by atoms with E-state index in [9.17, 15) is 22.4 Å². The molecular weight excluding hydrogens is 424 g/mol. The lowest BCUT2D eigenvalue weighted by Crippen LogP contribution is -2.37. The minimum atomic E-state index is -5.07. The van der Waals surface area contributed by atoms with Crippen molar-refractivity contribution < 1.29 is 27.1 Å². The van der Waals surface area contributed by atoms with Crippen LogP contribution in [0.25, 0.3) is 11.3 Å². The number of carbonyl (C=O) groups excluding carboxylic acids is 1. The quantitative estimate of drug-likeness (QED) is 0.426. The van der Waals surface area contributed by atoms with Gasteiger partial charge in [0.25, 0.3) is 5.78 Å². The lowest BCUT2D eigenvalue weighted by molar-refractivity contribution is -0.0888. The molecule has 166 valence electrons. The Morgan fingerprint density at radius 3 is 2.47 bits per heavy atom. The second-order valence-electron chi connectivity index (χ2n) is 8.01. The van der Waals surface area contributed by atoms with E-state index in [1.54, 1.807) is 0 Å². The van der Waals surface area contributed by atoms with Crippen LogP contribution in [0.2, 0.25) is 0 Å². The standard InChI is InChI=1S/C24H20F4N2O2/c1-23(13-29-12-15-5-3-2-4-6-15)14-32-21-18(23)11-19(22(31)24(26,27)28)30-20(21)16-7-9-17(25)10-8-16/h2-11,29H,12-14H2,1H3/t23-/m1/s1. The van der Waals surface area contributed by atoms with Crippen molar-refractivity contribution in [1.82, 2.24) is 10.3 Å². The van der Waals surface area contributed by atoms with Gasteiger partial charge in [-0.25, -0.2) is 9.37 Å². The molecule has 4 rings (SSSR count). The maximum atomic E-state index is 13.4. The highest BCUT2D eigenvalue weighted by molar-refractivity contribution is 5.99. The van der Waals surface area contributed by atoms with Crippen LogP contribution in [0.15, 0.2) is 60.7 Å². The topological polar surface area (TPSA) is 51.2 Å². The monoisotopic (exact) mass is 444 g/mol. The normalized spacial score (nSPS) is 17.7. The number of hydrogen-bond acceptors (Lipinski definition) is 4. The van der Waals surface area contributed by atoms with Gasteiger partial charge >= 0.3 is 6.18 Å². The van der Waals surface area contributed by atoms with Crippen LogP contribution in [-0.4, -0.2) is 30.1 Å². The van der Waals surface area contributed by atoms with Gasteiger partial charge in [0.15, 0.2) is 0 Å². The average Bonchev–Trinajstić information content (AvgIpc) is 3.10. The Labute approximate surface area is 182 Å². The second-order valence-corrected chi connectivity index (χ2v) is 8.01. The van der Waals surface area contributed by atoms with E-state index in [4.69, 9.17) is 4.74 Å². The van der Waals surface area contributed by atoms with E-state index < -0.39 is 28.9 Å². The van der Waals surface area contributed by atoms with Crippen LogP contribution in [0.3, 0.4) is 0 Å². The summed E-state index contributed by atoms with van der Waals surface area (Å²) in [4.78, 5) is 16.0. The van der Waals surface area contributed by atoms with Crippen LogP contribution in [0.5, 0.6) is 5.75 Å². The molecule has 0 saturated heterocycles. The summed E-state index contributed by atoms with van der Waals surface area (Å²) in [6, 6.07) is 16.0. The summed E-state index contributed by atoms with van der Waals surface area (Å²) in [7, 11) is 0. The molecule has 0 fully saturated rings. The Hall–Kier alpha value is -3.26. The van der Waals surface area contributed by atoms with Crippen LogP contribution in [0, 0.1) is 5.82 Å². The molecule has 1 aromatic heterocycles. The number of benzene rings is 2. The number of rotatable bonds is 6. The van der Waals surface area contributed by atoms with E-state index in [2.05, 4.69) is 10.3 Å². The van der Waals surface area contributed by atoms with Crippen LogP contribution in [0.1, 0.15) is 28.5 Å². The Kier molecular flexibility index (Phi) is 5.73. The van der Waals surface area contributed by atoms with E-state index >= 15 is 0 Å². The van der Waals surface area contributed by atoms with E-state index in [1.807, 2.05) is 37.3 Å². The Morgan fingerprint density at radius 1 is 1.12 bits per heavy atom. The number of halogens is 4.